The Balaban J connectivity index is 0.00000121. The lowest BCUT2D eigenvalue weighted by molar-refractivity contribution is -0.707. The molecule has 0 fully saturated rings. The number of aliphatic carboxylic acids is 1. The highest BCUT2D eigenvalue weighted by Gasteiger charge is 2.18. The quantitative estimate of drug-likeness (QED) is 0.526. The Morgan fingerprint density at radius 3 is 2.25 bits per heavy atom. The number of hydrogen-bond donors (Lipinski definition) is 1. The summed E-state index contributed by atoms with van der Waals surface area (Å²) in [4.78, 5) is 10.5. The standard InChI is InChI=1S/C8H9NO2.ClH/c1-7(8(10)11)9-5-3-2-4-6-9;/h2-7H,1H3;1H. The first-order chi connectivity index (χ1) is 5.22. The van der Waals surface area contributed by atoms with Gasteiger partial charge in [-0.25, -0.2) is 4.79 Å². The van der Waals surface area contributed by atoms with Gasteiger partial charge >= 0.3 is 5.97 Å². The molecule has 0 spiro atoms. The van der Waals surface area contributed by atoms with Crippen LogP contribution >= 0.6 is 0 Å². The van der Waals surface area contributed by atoms with Crippen LogP contribution in [0.15, 0.2) is 30.6 Å². The van der Waals surface area contributed by atoms with Crippen molar-refractivity contribution in [2.45, 2.75) is 13.0 Å². The van der Waals surface area contributed by atoms with Gasteiger partial charge in [0, 0.05) is 19.1 Å². The largest absolute Gasteiger partial charge is 1.00 e. The van der Waals surface area contributed by atoms with Crippen LogP contribution in [0.3, 0.4) is 0 Å². The van der Waals surface area contributed by atoms with Crippen LogP contribution in [0.2, 0.25) is 0 Å². The van der Waals surface area contributed by atoms with Gasteiger partial charge in [0.2, 0.25) is 0 Å². The van der Waals surface area contributed by atoms with Crippen LogP contribution in [0, 0.1) is 0 Å². The molecule has 12 heavy (non-hydrogen) atoms. The second-order valence-electron chi connectivity index (χ2n) is 2.34. The molecule has 66 valence electrons. The number of rotatable bonds is 2. The summed E-state index contributed by atoms with van der Waals surface area (Å²) < 4.78 is 1.64. The molecule has 0 aliphatic heterocycles. The second-order valence-corrected chi connectivity index (χ2v) is 2.34. The zero-order chi connectivity index (χ0) is 8.27. The Morgan fingerprint density at radius 2 is 1.83 bits per heavy atom. The third kappa shape index (κ3) is 2.51. The Labute approximate surface area is 77.1 Å². The van der Waals surface area contributed by atoms with Gasteiger partial charge in [0.15, 0.2) is 12.4 Å². The van der Waals surface area contributed by atoms with E-state index in [1.54, 1.807) is 36.0 Å². The van der Waals surface area contributed by atoms with Crippen LogP contribution < -0.4 is 17.0 Å². The zero-order valence-corrected chi connectivity index (χ0v) is 7.40. The highest BCUT2D eigenvalue weighted by molar-refractivity contribution is 5.69. The molecule has 0 saturated carbocycles. The predicted molar refractivity (Wildman–Crippen MR) is 39.0 cm³/mol. The van der Waals surface area contributed by atoms with Crippen LogP contribution in [-0.2, 0) is 4.79 Å². The molecule has 1 N–H and O–H groups in total. The monoisotopic (exact) mass is 187 g/mol. The van der Waals surface area contributed by atoms with E-state index < -0.39 is 12.0 Å². The summed E-state index contributed by atoms with van der Waals surface area (Å²) in [6.07, 6.45) is 3.47. The lowest BCUT2D eigenvalue weighted by Crippen LogP contribution is -3.00. The van der Waals surface area contributed by atoms with Crippen molar-refractivity contribution in [3.05, 3.63) is 30.6 Å². The summed E-state index contributed by atoms with van der Waals surface area (Å²) in [6.45, 7) is 1.64. The summed E-state index contributed by atoms with van der Waals surface area (Å²) in [7, 11) is 0. The molecule has 0 amide bonds. The van der Waals surface area contributed by atoms with Gasteiger partial charge < -0.3 is 17.5 Å². The fourth-order valence-corrected chi connectivity index (χ4v) is 0.798. The first kappa shape index (κ1) is 10.9. The maximum atomic E-state index is 10.5. The minimum absolute atomic E-state index is 0. The lowest BCUT2D eigenvalue weighted by atomic mass is 10.3. The second kappa shape index (κ2) is 4.72. The number of pyridine rings is 1. The third-order valence-electron chi connectivity index (χ3n) is 1.54. The topological polar surface area (TPSA) is 41.2 Å². The maximum Gasteiger partial charge on any atom is 0.373 e. The predicted octanol–water partition coefficient (Wildman–Crippen LogP) is -2.38. The molecule has 1 atom stereocenters. The van der Waals surface area contributed by atoms with Crippen molar-refractivity contribution in [3.63, 3.8) is 0 Å². The molecular formula is C8H10ClNO2. The molecule has 1 rings (SSSR count). The van der Waals surface area contributed by atoms with Crippen LogP contribution in [0.5, 0.6) is 0 Å². The number of aromatic nitrogens is 1. The lowest BCUT2D eigenvalue weighted by Gasteiger charge is -1.98. The third-order valence-corrected chi connectivity index (χ3v) is 1.54. The van der Waals surface area contributed by atoms with E-state index in [4.69, 9.17) is 5.11 Å². The van der Waals surface area contributed by atoms with E-state index in [1.165, 1.54) is 0 Å². The summed E-state index contributed by atoms with van der Waals surface area (Å²) in [5.41, 5.74) is 0. The molecule has 1 aromatic rings. The van der Waals surface area contributed by atoms with Crippen LogP contribution in [0.4, 0.5) is 0 Å². The van der Waals surface area contributed by atoms with E-state index in [0.29, 0.717) is 0 Å². The van der Waals surface area contributed by atoms with Gasteiger partial charge in [-0.3, -0.25) is 0 Å². The molecule has 1 heterocycles. The van der Waals surface area contributed by atoms with E-state index in [1.807, 2.05) is 6.07 Å². The van der Waals surface area contributed by atoms with Crippen molar-refractivity contribution in [1.82, 2.24) is 0 Å². The molecule has 1 unspecified atom stereocenters. The van der Waals surface area contributed by atoms with Gasteiger partial charge in [0.05, 0.1) is 0 Å². The number of carboxylic acid groups (broad SMARTS) is 1. The summed E-state index contributed by atoms with van der Waals surface area (Å²) in [6, 6.07) is 4.97. The molecule has 0 aromatic carbocycles. The molecule has 0 aliphatic carbocycles. The Kier molecular flexibility index (Phi) is 4.29. The van der Waals surface area contributed by atoms with E-state index in [9.17, 15) is 4.79 Å². The molecule has 4 heteroatoms. The fourth-order valence-electron chi connectivity index (χ4n) is 0.798. The van der Waals surface area contributed by atoms with Gasteiger partial charge in [-0.1, -0.05) is 6.07 Å². The normalized spacial score (nSPS) is 11.4. The van der Waals surface area contributed by atoms with Crippen molar-refractivity contribution in [2.24, 2.45) is 0 Å². The van der Waals surface area contributed by atoms with Gasteiger partial charge in [-0.2, -0.15) is 4.57 Å². The first-order valence-electron chi connectivity index (χ1n) is 3.40. The van der Waals surface area contributed by atoms with Crippen molar-refractivity contribution < 1.29 is 26.9 Å². The molecule has 0 bridgehead atoms. The van der Waals surface area contributed by atoms with E-state index in [2.05, 4.69) is 0 Å². The number of halogens is 1. The zero-order valence-electron chi connectivity index (χ0n) is 6.64. The van der Waals surface area contributed by atoms with Crippen LogP contribution in [0.1, 0.15) is 13.0 Å². The Bertz CT molecular complexity index is 250. The van der Waals surface area contributed by atoms with Gasteiger partial charge in [0.25, 0.3) is 6.04 Å². The minimum Gasteiger partial charge on any atom is -1.00 e. The van der Waals surface area contributed by atoms with Gasteiger partial charge in [-0.05, 0) is 0 Å². The van der Waals surface area contributed by atoms with E-state index in [-0.39, 0.29) is 12.4 Å². The highest BCUT2D eigenvalue weighted by atomic mass is 35.5. The van der Waals surface area contributed by atoms with Gasteiger partial charge in [0.1, 0.15) is 0 Å². The number of nitrogens with zero attached hydrogens (tertiary/aromatic N) is 1. The SMILES string of the molecule is CC(C(=O)O)[n+]1ccccc1.[Cl-]. The average molecular weight is 188 g/mol. The maximum absolute atomic E-state index is 10.5. The van der Waals surface area contributed by atoms with Crippen molar-refractivity contribution in [3.8, 4) is 0 Å². The van der Waals surface area contributed by atoms with Crippen LogP contribution in [-0.4, -0.2) is 11.1 Å². The molecule has 0 aliphatic rings. The molecular weight excluding hydrogens is 178 g/mol. The smallest absolute Gasteiger partial charge is 0.373 e. The first-order valence-corrected chi connectivity index (χ1v) is 3.40. The van der Waals surface area contributed by atoms with Crippen molar-refractivity contribution >= 4 is 5.97 Å². The number of hydrogen-bond acceptors (Lipinski definition) is 1. The average Bonchev–Trinajstić information content (AvgIpc) is 2.05. The van der Waals surface area contributed by atoms with E-state index in [0.717, 1.165) is 0 Å². The highest BCUT2D eigenvalue weighted by Crippen LogP contribution is 1.92. The molecule has 3 nitrogen and oxygen atoms in total. The fraction of sp³-hybridized carbons (Fsp3) is 0.250. The number of carboxylic acids is 1. The molecule has 1 aromatic heterocycles. The van der Waals surface area contributed by atoms with Crippen molar-refractivity contribution in [2.75, 3.05) is 0 Å². The number of carbonyl (C=O) groups is 1. The summed E-state index contributed by atoms with van der Waals surface area (Å²) >= 11 is 0. The minimum atomic E-state index is -0.818. The molecule has 0 radical (unpaired) electrons. The van der Waals surface area contributed by atoms with Crippen molar-refractivity contribution in [1.29, 1.82) is 0 Å². The summed E-state index contributed by atoms with van der Waals surface area (Å²) in [5, 5.41) is 8.61. The summed E-state index contributed by atoms with van der Waals surface area (Å²) in [5.74, 6) is -0.818. The van der Waals surface area contributed by atoms with E-state index >= 15 is 0 Å². The van der Waals surface area contributed by atoms with Gasteiger partial charge in [-0.15, -0.1) is 0 Å². The molecule has 0 saturated heterocycles. The Morgan fingerprint density at radius 1 is 1.33 bits per heavy atom. The Hall–Kier alpha value is -1.09. The van der Waals surface area contributed by atoms with Crippen LogP contribution in [0.25, 0.3) is 0 Å².